The number of hydrogen-bond donors (Lipinski definition) is 3. The summed E-state index contributed by atoms with van der Waals surface area (Å²) in [7, 11) is 1.86. The lowest BCUT2D eigenvalue weighted by molar-refractivity contribution is 0.192. The lowest BCUT2D eigenvalue weighted by Crippen LogP contribution is -2.30. The van der Waals surface area contributed by atoms with Crippen LogP contribution < -0.4 is 16.0 Å². The number of nitrogens with zero attached hydrogens (tertiary/aromatic N) is 3. The van der Waals surface area contributed by atoms with E-state index in [4.69, 9.17) is 10.8 Å². The van der Waals surface area contributed by atoms with Crippen molar-refractivity contribution >= 4 is 17.6 Å². The van der Waals surface area contributed by atoms with Crippen LogP contribution in [-0.4, -0.2) is 40.6 Å². The zero-order chi connectivity index (χ0) is 12.4. The van der Waals surface area contributed by atoms with Crippen LogP contribution in [0.4, 0.5) is 16.3 Å². The Labute approximate surface area is 99.2 Å². The van der Waals surface area contributed by atoms with Gasteiger partial charge in [-0.1, -0.05) is 0 Å². The van der Waals surface area contributed by atoms with Crippen molar-refractivity contribution in [1.29, 1.82) is 0 Å². The van der Waals surface area contributed by atoms with E-state index in [-0.39, 0.29) is 0 Å². The highest BCUT2D eigenvalue weighted by Crippen LogP contribution is 2.27. The topological polar surface area (TPSA) is 96.4 Å². The van der Waals surface area contributed by atoms with E-state index in [1.807, 2.05) is 7.05 Å². The van der Waals surface area contributed by atoms with Crippen LogP contribution in [0.15, 0.2) is 6.20 Å². The molecule has 0 saturated carbocycles. The van der Waals surface area contributed by atoms with Crippen LogP contribution in [0.1, 0.15) is 6.42 Å². The Morgan fingerprint density at radius 2 is 2.53 bits per heavy atom. The van der Waals surface area contributed by atoms with Crippen LogP contribution in [0.2, 0.25) is 0 Å². The standard InChI is InChI=1S/C10H17N5O2/c1-14-9(8(11)5-13-14)15-3-2-7(6-15)4-12-10(16)17/h5,7,12H,2-4,6,11H2,1H3,(H,16,17). The first-order valence-corrected chi connectivity index (χ1v) is 5.57. The quantitative estimate of drug-likeness (QED) is 0.695. The monoisotopic (exact) mass is 239 g/mol. The van der Waals surface area contributed by atoms with Crippen molar-refractivity contribution in [2.24, 2.45) is 13.0 Å². The fraction of sp³-hybridized carbons (Fsp3) is 0.600. The fourth-order valence-corrected chi connectivity index (χ4v) is 2.26. The third kappa shape index (κ3) is 2.43. The Kier molecular flexibility index (Phi) is 3.08. The zero-order valence-corrected chi connectivity index (χ0v) is 9.76. The van der Waals surface area contributed by atoms with Crippen molar-refractivity contribution in [3.63, 3.8) is 0 Å². The van der Waals surface area contributed by atoms with E-state index < -0.39 is 6.09 Å². The van der Waals surface area contributed by atoms with Crippen molar-refractivity contribution in [2.45, 2.75) is 6.42 Å². The van der Waals surface area contributed by atoms with Gasteiger partial charge in [-0.3, -0.25) is 4.68 Å². The first-order chi connectivity index (χ1) is 8.08. The summed E-state index contributed by atoms with van der Waals surface area (Å²) in [5.41, 5.74) is 6.52. The van der Waals surface area contributed by atoms with Crippen molar-refractivity contribution in [1.82, 2.24) is 15.1 Å². The number of carbonyl (C=O) groups is 1. The summed E-state index contributed by atoms with van der Waals surface area (Å²) in [5.74, 6) is 1.25. The average Bonchev–Trinajstić information content (AvgIpc) is 2.83. The minimum Gasteiger partial charge on any atom is -0.465 e. The molecule has 1 aliphatic rings. The molecule has 94 valence electrons. The molecule has 1 atom stereocenters. The fourth-order valence-electron chi connectivity index (χ4n) is 2.26. The molecular weight excluding hydrogens is 222 g/mol. The minimum atomic E-state index is -0.969. The molecule has 4 N–H and O–H groups in total. The maximum absolute atomic E-state index is 10.4. The molecule has 0 aromatic carbocycles. The zero-order valence-electron chi connectivity index (χ0n) is 9.76. The number of amides is 1. The first-order valence-electron chi connectivity index (χ1n) is 5.57. The third-order valence-electron chi connectivity index (χ3n) is 3.06. The second kappa shape index (κ2) is 4.52. The second-order valence-corrected chi connectivity index (χ2v) is 4.33. The largest absolute Gasteiger partial charge is 0.465 e. The molecule has 17 heavy (non-hydrogen) atoms. The van der Waals surface area contributed by atoms with Gasteiger partial charge in [-0.15, -0.1) is 0 Å². The molecule has 7 heteroatoms. The van der Waals surface area contributed by atoms with Crippen LogP contribution in [0.5, 0.6) is 0 Å². The number of hydrogen-bond acceptors (Lipinski definition) is 4. The molecule has 0 aliphatic carbocycles. The normalized spacial score (nSPS) is 19.6. The number of nitrogens with one attached hydrogen (secondary N) is 1. The van der Waals surface area contributed by atoms with E-state index in [1.54, 1.807) is 10.9 Å². The van der Waals surface area contributed by atoms with Gasteiger partial charge < -0.3 is 21.1 Å². The molecular formula is C10H17N5O2. The number of nitrogens with two attached hydrogens (primary N) is 1. The number of rotatable bonds is 3. The van der Waals surface area contributed by atoms with Crippen LogP contribution >= 0.6 is 0 Å². The lowest BCUT2D eigenvalue weighted by atomic mass is 10.1. The second-order valence-electron chi connectivity index (χ2n) is 4.33. The van der Waals surface area contributed by atoms with Gasteiger partial charge in [-0.2, -0.15) is 5.10 Å². The van der Waals surface area contributed by atoms with E-state index in [0.29, 0.717) is 18.2 Å². The highest BCUT2D eigenvalue weighted by atomic mass is 16.4. The average molecular weight is 239 g/mol. The summed E-state index contributed by atoms with van der Waals surface area (Å²) in [6, 6.07) is 0. The molecule has 1 aliphatic heterocycles. The third-order valence-corrected chi connectivity index (χ3v) is 3.06. The van der Waals surface area contributed by atoms with Gasteiger partial charge in [0.1, 0.15) is 5.82 Å². The maximum Gasteiger partial charge on any atom is 0.404 e. The van der Waals surface area contributed by atoms with Crippen molar-refractivity contribution in [3.05, 3.63) is 6.20 Å². The smallest absolute Gasteiger partial charge is 0.404 e. The number of nitrogen functional groups attached to an aromatic ring is 1. The Bertz CT molecular complexity index is 397. The number of anilines is 2. The number of aromatic nitrogens is 2. The summed E-state index contributed by atoms with van der Waals surface area (Å²) in [6.07, 6.45) is 1.63. The van der Waals surface area contributed by atoms with Crippen molar-refractivity contribution in [3.8, 4) is 0 Å². The Hall–Kier alpha value is -1.92. The minimum absolute atomic E-state index is 0.334. The molecule has 1 unspecified atom stereocenters. The van der Waals surface area contributed by atoms with Gasteiger partial charge >= 0.3 is 6.09 Å². The highest BCUT2D eigenvalue weighted by Gasteiger charge is 2.26. The van der Waals surface area contributed by atoms with Crippen LogP contribution in [0.25, 0.3) is 0 Å². The molecule has 2 heterocycles. The highest BCUT2D eigenvalue weighted by molar-refractivity contribution is 5.64. The molecule has 1 saturated heterocycles. The van der Waals surface area contributed by atoms with Gasteiger partial charge in [0.25, 0.3) is 0 Å². The molecule has 0 spiro atoms. The van der Waals surface area contributed by atoms with Gasteiger partial charge in [0, 0.05) is 26.7 Å². The first kappa shape index (κ1) is 11.6. The van der Waals surface area contributed by atoms with E-state index in [2.05, 4.69) is 15.3 Å². The molecule has 0 bridgehead atoms. The summed E-state index contributed by atoms with van der Waals surface area (Å²) in [5, 5.41) is 15.1. The van der Waals surface area contributed by atoms with Gasteiger partial charge in [-0.05, 0) is 12.3 Å². The Morgan fingerprint density at radius 3 is 3.12 bits per heavy atom. The molecule has 1 aromatic heterocycles. The molecule has 0 radical (unpaired) electrons. The summed E-state index contributed by atoms with van der Waals surface area (Å²) >= 11 is 0. The summed E-state index contributed by atoms with van der Waals surface area (Å²) < 4.78 is 1.75. The molecule has 1 aromatic rings. The van der Waals surface area contributed by atoms with Crippen LogP contribution in [-0.2, 0) is 7.05 Å². The lowest BCUT2D eigenvalue weighted by Gasteiger charge is -2.19. The predicted octanol–water partition coefficient (Wildman–Crippen LogP) is 0.0962. The Morgan fingerprint density at radius 1 is 1.76 bits per heavy atom. The predicted molar refractivity (Wildman–Crippen MR) is 64.0 cm³/mol. The Balaban J connectivity index is 1.96. The molecule has 1 fully saturated rings. The summed E-state index contributed by atoms with van der Waals surface area (Å²) in [4.78, 5) is 12.6. The molecule has 1 amide bonds. The van der Waals surface area contributed by atoms with E-state index in [9.17, 15) is 4.79 Å². The number of aryl methyl sites for hydroxylation is 1. The van der Waals surface area contributed by atoms with Crippen molar-refractivity contribution < 1.29 is 9.90 Å². The van der Waals surface area contributed by atoms with E-state index in [1.165, 1.54) is 0 Å². The molecule has 2 rings (SSSR count). The van der Waals surface area contributed by atoms with Crippen molar-refractivity contribution in [2.75, 3.05) is 30.3 Å². The van der Waals surface area contributed by atoms with E-state index >= 15 is 0 Å². The van der Waals surface area contributed by atoms with Crippen LogP contribution in [0, 0.1) is 5.92 Å². The maximum atomic E-state index is 10.4. The SMILES string of the molecule is Cn1ncc(N)c1N1CCC(CNC(=O)O)C1. The molecule has 7 nitrogen and oxygen atoms in total. The van der Waals surface area contributed by atoms with Crippen LogP contribution in [0.3, 0.4) is 0 Å². The number of carboxylic acid groups (broad SMARTS) is 1. The van der Waals surface area contributed by atoms with E-state index in [0.717, 1.165) is 25.3 Å². The van der Waals surface area contributed by atoms with Gasteiger partial charge in [0.15, 0.2) is 0 Å². The van der Waals surface area contributed by atoms with Gasteiger partial charge in [0.2, 0.25) is 0 Å². The van der Waals surface area contributed by atoms with Gasteiger partial charge in [0.05, 0.1) is 11.9 Å². The van der Waals surface area contributed by atoms with Gasteiger partial charge in [-0.25, -0.2) is 4.79 Å². The summed E-state index contributed by atoms with van der Waals surface area (Å²) in [6.45, 7) is 2.18.